The van der Waals surface area contributed by atoms with E-state index in [0.29, 0.717) is 22.1 Å². The molecule has 32 heavy (non-hydrogen) atoms. The van der Waals surface area contributed by atoms with Gasteiger partial charge in [-0.1, -0.05) is 23.9 Å². The standard InChI is InChI=1S/C23H20FN5O2S/c1-14-8-15(2)10-19(9-14)25-21(30)13-32-23-28-27-20-7-6-16(12-29(20)23)22(31)26-18-5-3-4-17(24)11-18/h3-12H,13H2,1-2H3,(H,25,30)(H,26,31). The average Bonchev–Trinajstić information content (AvgIpc) is 3.14. The first-order valence-electron chi connectivity index (χ1n) is 9.80. The van der Waals surface area contributed by atoms with Crippen LogP contribution in [-0.2, 0) is 4.79 Å². The second kappa shape index (κ2) is 9.19. The number of nitrogens with one attached hydrogen (secondary N) is 2. The zero-order chi connectivity index (χ0) is 22.7. The molecule has 4 rings (SSSR count). The maximum atomic E-state index is 13.4. The third kappa shape index (κ3) is 5.12. The third-order valence-electron chi connectivity index (χ3n) is 4.55. The van der Waals surface area contributed by atoms with Crippen molar-refractivity contribution in [3.63, 3.8) is 0 Å². The maximum Gasteiger partial charge on any atom is 0.257 e. The smallest absolute Gasteiger partial charge is 0.257 e. The summed E-state index contributed by atoms with van der Waals surface area (Å²) in [6.07, 6.45) is 1.59. The summed E-state index contributed by atoms with van der Waals surface area (Å²) < 4.78 is 15.0. The van der Waals surface area contributed by atoms with E-state index in [1.807, 2.05) is 32.0 Å². The number of rotatable bonds is 6. The highest BCUT2D eigenvalue weighted by Gasteiger charge is 2.13. The van der Waals surface area contributed by atoms with Gasteiger partial charge >= 0.3 is 0 Å². The lowest BCUT2D eigenvalue weighted by Gasteiger charge is -2.08. The Morgan fingerprint density at radius 2 is 1.75 bits per heavy atom. The molecule has 0 saturated heterocycles. The number of nitrogens with zero attached hydrogens (tertiary/aromatic N) is 3. The molecule has 0 unspecified atom stereocenters. The van der Waals surface area contributed by atoms with Crippen LogP contribution in [0.3, 0.4) is 0 Å². The number of carbonyl (C=O) groups excluding carboxylic acids is 2. The Morgan fingerprint density at radius 3 is 2.50 bits per heavy atom. The number of fused-ring (bicyclic) bond motifs is 1. The van der Waals surface area contributed by atoms with E-state index in [-0.39, 0.29) is 11.7 Å². The zero-order valence-electron chi connectivity index (χ0n) is 17.4. The lowest BCUT2D eigenvalue weighted by Crippen LogP contribution is -2.15. The molecule has 2 N–H and O–H groups in total. The van der Waals surface area contributed by atoms with Gasteiger partial charge in [-0.25, -0.2) is 4.39 Å². The fourth-order valence-corrected chi connectivity index (χ4v) is 3.96. The van der Waals surface area contributed by atoms with E-state index >= 15 is 0 Å². The highest BCUT2D eigenvalue weighted by atomic mass is 32.2. The van der Waals surface area contributed by atoms with Gasteiger partial charge in [0.05, 0.1) is 11.3 Å². The Bertz CT molecular complexity index is 1300. The summed E-state index contributed by atoms with van der Waals surface area (Å²) in [4.78, 5) is 25.0. The molecule has 0 bridgehead atoms. The number of halogens is 1. The van der Waals surface area contributed by atoms with E-state index in [9.17, 15) is 14.0 Å². The number of pyridine rings is 1. The molecule has 2 aromatic carbocycles. The summed E-state index contributed by atoms with van der Waals surface area (Å²) in [5.74, 6) is -0.866. The molecule has 0 aliphatic heterocycles. The molecule has 0 fully saturated rings. The van der Waals surface area contributed by atoms with Gasteiger partial charge in [0, 0.05) is 17.6 Å². The molecule has 2 aromatic heterocycles. The topological polar surface area (TPSA) is 88.4 Å². The predicted molar refractivity (Wildman–Crippen MR) is 123 cm³/mol. The van der Waals surface area contributed by atoms with Gasteiger partial charge in [0.1, 0.15) is 5.82 Å². The van der Waals surface area contributed by atoms with Gasteiger partial charge in [-0.15, -0.1) is 10.2 Å². The van der Waals surface area contributed by atoms with Crippen LogP contribution in [0.2, 0.25) is 0 Å². The number of aryl methyl sites for hydroxylation is 2. The SMILES string of the molecule is Cc1cc(C)cc(NC(=O)CSc2nnc3ccc(C(=O)Nc4cccc(F)c4)cn23)c1. The molecule has 2 heterocycles. The van der Waals surface area contributed by atoms with Crippen LogP contribution < -0.4 is 10.6 Å². The molecule has 0 spiro atoms. The summed E-state index contributed by atoms with van der Waals surface area (Å²) in [5, 5.41) is 14.2. The third-order valence-corrected chi connectivity index (χ3v) is 5.50. The van der Waals surface area contributed by atoms with Crippen LogP contribution in [0.5, 0.6) is 0 Å². The quantitative estimate of drug-likeness (QED) is 0.424. The Morgan fingerprint density at radius 1 is 0.969 bits per heavy atom. The number of aromatic nitrogens is 3. The normalized spacial score (nSPS) is 10.8. The van der Waals surface area contributed by atoms with Crippen LogP contribution in [0.25, 0.3) is 5.65 Å². The lowest BCUT2D eigenvalue weighted by molar-refractivity contribution is -0.113. The van der Waals surface area contributed by atoms with Crippen molar-refractivity contribution in [2.45, 2.75) is 19.0 Å². The van der Waals surface area contributed by atoms with Crippen LogP contribution in [-0.4, -0.2) is 32.2 Å². The molecular weight excluding hydrogens is 429 g/mol. The van der Waals surface area contributed by atoms with Crippen LogP contribution in [0.15, 0.2) is 66.0 Å². The van der Waals surface area contributed by atoms with E-state index in [4.69, 9.17) is 0 Å². The van der Waals surface area contributed by atoms with E-state index in [0.717, 1.165) is 16.8 Å². The summed E-state index contributed by atoms with van der Waals surface area (Å²) in [5.41, 5.74) is 4.14. The van der Waals surface area contributed by atoms with Crippen LogP contribution in [0.1, 0.15) is 21.5 Å². The van der Waals surface area contributed by atoms with Crippen molar-refractivity contribution in [1.82, 2.24) is 14.6 Å². The van der Waals surface area contributed by atoms with Crippen molar-refractivity contribution in [3.05, 3.63) is 83.3 Å². The molecule has 9 heteroatoms. The molecule has 0 radical (unpaired) electrons. The predicted octanol–water partition coefficient (Wildman–Crippen LogP) is 4.47. The first-order chi connectivity index (χ1) is 15.4. The Labute approximate surface area is 188 Å². The van der Waals surface area contributed by atoms with Crippen molar-refractivity contribution in [1.29, 1.82) is 0 Å². The lowest BCUT2D eigenvalue weighted by atomic mass is 10.1. The van der Waals surface area contributed by atoms with Crippen LogP contribution in [0.4, 0.5) is 15.8 Å². The van der Waals surface area contributed by atoms with Gasteiger partial charge in [0.15, 0.2) is 10.8 Å². The first-order valence-corrected chi connectivity index (χ1v) is 10.8. The van der Waals surface area contributed by atoms with E-state index < -0.39 is 11.7 Å². The minimum atomic E-state index is -0.435. The Hall–Kier alpha value is -3.72. The van der Waals surface area contributed by atoms with Gasteiger partial charge in [0.25, 0.3) is 5.91 Å². The summed E-state index contributed by atoms with van der Waals surface area (Å²) in [6, 6.07) is 14.8. The minimum absolute atomic E-state index is 0.132. The van der Waals surface area contributed by atoms with Crippen LogP contribution >= 0.6 is 11.8 Å². The Kier molecular flexibility index (Phi) is 6.18. The summed E-state index contributed by atoms with van der Waals surface area (Å²) in [6.45, 7) is 3.95. The highest BCUT2D eigenvalue weighted by Crippen LogP contribution is 2.20. The average molecular weight is 450 g/mol. The van der Waals surface area contributed by atoms with Crippen LogP contribution in [0, 0.1) is 19.7 Å². The molecule has 7 nitrogen and oxygen atoms in total. The maximum absolute atomic E-state index is 13.4. The second-order valence-electron chi connectivity index (χ2n) is 7.31. The zero-order valence-corrected chi connectivity index (χ0v) is 18.2. The fraction of sp³-hybridized carbons (Fsp3) is 0.130. The number of thioether (sulfide) groups is 1. The number of benzene rings is 2. The first kappa shape index (κ1) is 21.5. The van der Waals surface area contributed by atoms with Crippen molar-refractivity contribution in [3.8, 4) is 0 Å². The number of hydrogen-bond donors (Lipinski definition) is 2. The molecule has 0 saturated carbocycles. The van der Waals surface area contributed by atoms with Gasteiger partial charge in [-0.3, -0.25) is 14.0 Å². The second-order valence-corrected chi connectivity index (χ2v) is 8.25. The highest BCUT2D eigenvalue weighted by molar-refractivity contribution is 7.99. The molecule has 2 amide bonds. The molecule has 0 atom stereocenters. The molecular formula is C23H20FN5O2S. The minimum Gasteiger partial charge on any atom is -0.325 e. The van der Waals surface area contributed by atoms with E-state index in [1.165, 1.54) is 30.0 Å². The fourth-order valence-electron chi connectivity index (χ4n) is 3.25. The van der Waals surface area contributed by atoms with Gasteiger partial charge in [-0.2, -0.15) is 0 Å². The van der Waals surface area contributed by atoms with Gasteiger partial charge < -0.3 is 10.6 Å². The number of amides is 2. The molecule has 0 aliphatic rings. The number of carbonyl (C=O) groups is 2. The van der Waals surface area contributed by atoms with Gasteiger partial charge in [-0.05, 0) is 67.4 Å². The number of hydrogen-bond acceptors (Lipinski definition) is 5. The largest absolute Gasteiger partial charge is 0.325 e. The van der Waals surface area contributed by atoms with Crippen molar-refractivity contribution in [2.24, 2.45) is 0 Å². The van der Waals surface area contributed by atoms with Crippen molar-refractivity contribution < 1.29 is 14.0 Å². The monoisotopic (exact) mass is 449 g/mol. The molecule has 0 aliphatic carbocycles. The van der Waals surface area contributed by atoms with E-state index in [1.54, 1.807) is 28.8 Å². The summed E-state index contributed by atoms with van der Waals surface area (Å²) in [7, 11) is 0. The molecule has 4 aromatic rings. The molecule has 162 valence electrons. The van der Waals surface area contributed by atoms with E-state index in [2.05, 4.69) is 20.8 Å². The Balaban J connectivity index is 1.45. The number of anilines is 2. The van der Waals surface area contributed by atoms with Crippen molar-refractivity contribution >= 4 is 40.6 Å². The summed E-state index contributed by atoms with van der Waals surface area (Å²) >= 11 is 1.21. The van der Waals surface area contributed by atoms with Gasteiger partial charge in [0.2, 0.25) is 5.91 Å². The van der Waals surface area contributed by atoms with Crippen molar-refractivity contribution in [2.75, 3.05) is 16.4 Å².